The molecule has 4 nitrogen and oxygen atoms in total. The second kappa shape index (κ2) is 6.91. The van der Waals surface area contributed by atoms with Gasteiger partial charge in [-0.05, 0) is 43.0 Å². The lowest BCUT2D eigenvalue weighted by molar-refractivity contribution is 0.0697. The summed E-state index contributed by atoms with van der Waals surface area (Å²) in [5.41, 5.74) is 1.22. The third kappa shape index (κ3) is 4.87. The van der Waals surface area contributed by atoms with Crippen LogP contribution in [-0.2, 0) is 0 Å². The molecule has 0 aliphatic heterocycles. The number of aliphatic hydroxyl groups excluding tert-OH is 1. The monoisotopic (exact) mass is 237 g/mol. The summed E-state index contributed by atoms with van der Waals surface area (Å²) in [4.78, 5) is 10.6. The smallest absolute Gasteiger partial charge is 0.335 e. The van der Waals surface area contributed by atoms with E-state index in [1.807, 2.05) is 6.92 Å². The third-order valence-corrected chi connectivity index (χ3v) is 2.65. The van der Waals surface area contributed by atoms with Crippen LogP contribution in [0.1, 0.15) is 30.1 Å². The lowest BCUT2D eigenvalue weighted by Gasteiger charge is -2.09. The summed E-state index contributed by atoms with van der Waals surface area (Å²) < 4.78 is 0. The number of anilines is 1. The Balaban J connectivity index is 2.30. The zero-order valence-corrected chi connectivity index (χ0v) is 10.0. The van der Waals surface area contributed by atoms with Crippen LogP contribution in [0.25, 0.3) is 0 Å². The lowest BCUT2D eigenvalue weighted by Crippen LogP contribution is -2.06. The molecule has 1 aromatic rings. The van der Waals surface area contributed by atoms with E-state index in [2.05, 4.69) is 5.32 Å². The van der Waals surface area contributed by atoms with E-state index >= 15 is 0 Å². The Morgan fingerprint density at radius 2 is 2.00 bits per heavy atom. The van der Waals surface area contributed by atoms with Crippen LogP contribution in [0, 0.1) is 5.92 Å². The first-order valence-electron chi connectivity index (χ1n) is 5.81. The van der Waals surface area contributed by atoms with E-state index in [9.17, 15) is 4.79 Å². The molecule has 94 valence electrons. The Bertz CT molecular complexity index is 348. The normalized spacial score (nSPS) is 12.1. The number of benzene rings is 1. The second-order valence-electron chi connectivity index (χ2n) is 4.24. The zero-order valence-electron chi connectivity index (χ0n) is 10.0. The number of hydrogen-bond donors (Lipinski definition) is 3. The largest absolute Gasteiger partial charge is 0.478 e. The number of rotatable bonds is 7. The van der Waals surface area contributed by atoms with Crippen molar-refractivity contribution in [2.24, 2.45) is 5.92 Å². The maximum Gasteiger partial charge on any atom is 0.335 e. The summed E-state index contributed by atoms with van der Waals surface area (Å²) in [6, 6.07) is 6.69. The van der Waals surface area contributed by atoms with Gasteiger partial charge in [-0.25, -0.2) is 4.79 Å². The van der Waals surface area contributed by atoms with Crippen LogP contribution in [0.4, 0.5) is 5.69 Å². The van der Waals surface area contributed by atoms with Gasteiger partial charge in [0.25, 0.3) is 0 Å². The Morgan fingerprint density at radius 1 is 1.35 bits per heavy atom. The van der Waals surface area contributed by atoms with Crippen molar-refractivity contribution >= 4 is 11.7 Å². The fourth-order valence-corrected chi connectivity index (χ4v) is 1.51. The Labute approximate surface area is 101 Å². The van der Waals surface area contributed by atoms with Gasteiger partial charge >= 0.3 is 5.97 Å². The van der Waals surface area contributed by atoms with Crippen molar-refractivity contribution in [1.29, 1.82) is 0 Å². The number of carboxylic acids is 1. The Kier molecular flexibility index (Phi) is 5.49. The van der Waals surface area contributed by atoms with Gasteiger partial charge in [0.1, 0.15) is 0 Å². The molecule has 17 heavy (non-hydrogen) atoms. The van der Waals surface area contributed by atoms with E-state index in [4.69, 9.17) is 10.2 Å². The number of hydrogen-bond acceptors (Lipinski definition) is 3. The van der Waals surface area contributed by atoms with Crippen molar-refractivity contribution in [2.75, 3.05) is 18.5 Å². The van der Waals surface area contributed by atoms with Crippen LogP contribution >= 0.6 is 0 Å². The summed E-state index contributed by atoms with van der Waals surface area (Å²) in [6.45, 7) is 3.08. The standard InChI is InChI=1S/C13H19NO3/c1-10(9-15)3-2-8-14-12-6-4-11(5-7-12)13(16)17/h4-7,10,14-15H,2-3,8-9H2,1H3,(H,16,17). The van der Waals surface area contributed by atoms with Crippen LogP contribution in [0.3, 0.4) is 0 Å². The minimum Gasteiger partial charge on any atom is -0.478 e. The SMILES string of the molecule is CC(CO)CCCNc1ccc(C(=O)O)cc1. The number of aromatic carboxylic acids is 1. The van der Waals surface area contributed by atoms with Crippen molar-refractivity contribution in [3.8, 4) is 0 Å². The highest BCUT2D eigenvalue weighted by atomic mass is 16.4. The van der Waals surface area contributed by atoms with Gasteiger partial charge in [-0.1, -0.05) is 6.92 Å². The molecule has 0 aromatic heterocycles. The fourth-order valence-electron chi connectivity index (χ4n) is 1.51. The molecule has 0 aliphatic rings. The van der Waals surface area contributed by atoms with Crippen LogP contribution in [0.5, 0.6) is 0 Å². The van der Waals surface area contributed by atoms with Gasteiger partial charge < -0.3 is 15.5 Å². The number of carbonyl (C=O) groups is 1. The van der Waals surface area contributed by atoms with Crippen LogP contribution in [0.2, 0.25) is 0 Å². The van der Waals surface area contributed by atoms with Gasteiger partial charge in [0.2, 0.25) is 0 Å². The van der Waals surface area contributed by atoms with Gasteiger partial charge in [0, 0.05) is 18.8 Å². The molecule has 0 heterocycles. The molecule has 1 rings (SSSR count). The Morgan fingerprint density at radius 3 is 2.53 bits per heavy atom. The van der Waals surface area contributed by atoms with Crippen molar-refractivity contribution < 1.29 is 15.0 Å². The molecule has 0 amide bonds. The first-order chi connectivity index (χ1) is 8.13. The van der Waals surface area contributed by atoms with Crippen molar-refractivity contribution in [3.05, 3.63) is 29.8 Å². The van der Waals surface area contributed by atoms with Gasteiger partial charge in [0.15, 0.2) is 0 Å². The predicted molar refractivity (Wildman–Crippen MR) is 67.4 cm³/mol. The van der Waals surface area contributed by atoms with Gasteiger partial charge in [-0.3, -0.25) is 0 Å². The summed E-state index contributed by atoms with van der Waals surface area (Å²) >= 11 is 0. The molecule has 1 aromatic carbocycles. The number of carboxylic acid groups (broad SMARTS) is 1. The number of nitrogens with one attached hydrogen (secondary N) is 1. The molecule has 0 saturated heterocycles. The molecule has 0 saturated carbocycles. The van der Waals surface area contributed by atoms with E-state index in [0.717, 1.165) is 25.1 Å². The summed E-state index contributed by atoms with van der Waals surface area (Å²) in [6.07, 6.45) is 1.97. The third-order valence-electron chi connectivity index (χ3n) is 2.65. The Hall–Kier alpha value is -1.55. The van der Waals surface area contributed by atoms with E-state index in [1.54, 1.807) is 24.3 Å². The molecule has 0 spiro atoms. The summed E-state index contributed by atoms with van der Waals surface area (Å²) in [5, 5.41) is 20.8. The predicted octanol–water partition coefficient (Wildman–Crippen LogP) is 2.21. The highest BCUT2D eigenvalue weighted by molar-refractivity contribution is 5.87. The second-order valence-corrected chi connectivity index (χ2v) is 4.24. The summed E-state index contributed by atoms with van der Waals surface area (Å²) in [7, 11) is 0. The average Bonchev–Trinajstić information content (AvgIpc) is 2.34. The van der Waals surface area contributed by atoms with Crippen molar-refractivity contribution in [3.63, 3.8) is 0 Å². The zero-order chi connectivity index (χ0) is 12.7. The average molecular weight is 237 g/mol. The summed E-state index contributed by atoms with van der Waals surface area (Å²) in [5.74, 6) is -0.570. The minimum absolute atomic E-state index is 0.229. The first kappa shape index (κ1) is 13.5. The first-order valence-corrected chi connectivity index (χ1v) is 5.81. The van der Waals surface area contributed by atoms with Crippen LogP contribution < -0.4 is 5.32 Å². The molecule has 4 heteroatoms. The maximum absolute atomic E-state index is 10.6. The van der Waals surface area contributed by atoms with Crippen LogP contribution in [-0.4, -0.2) is 29.3 Å². The molecule has 1 unspecified atom stereocenters. The molecular formula is C13H19NO3. The minimum atomic E-state index is -0.909. The lowest BCUT2D eigenvalue weighted by atomic mass is 10.1. The fraction of sp³-hybridized carbons (Fsp3) is 0.462. The molecule has 0 bridgehead atoms. The topological polar surface area (TPSA) is 69.6 Å². The van der Waals surface area contributed by atoms with E-state index in [-0.39, 0.29) is 6.61 Å². The van der Waals surface area contributed by atoms with Crippen molar-refractivity contribution in [1.82, 2.24) is 0 Å². The molecule has 1 atom stereocenters. The van der Waals surface area contributed by atoms with E-state index < -0.39 is 5.97 Å². The highest BCUT2D eigenvalue weighted by Gasteiger charge is 2.02. The molecular weight excluding hydrogens is 218 g/mol. The van der Waals surface area contributed by atoms with Crippen LogP contribution in [0.15, 0.2) is 24.3 Å². The molecule has 0 radical (unpaired) electrons. The van der Waals surface area contributed by atoms with Crippen molar-refractivity contribution in [2.45, 2.75) is 19.8 Å². The maximum atomic E-state index is 10.6. The quantitative estimate of drug-likeness (QED) is 0.636. The molecule has 0 fully saturated rings. The molecule has 0 aliphatic carbocycles. The van der Waals surface area contributed by atoms with E-state index in [1.165, 1.54) is 0 Å². The van der Waals surface area contributed by atoms with Gasteiger partial charge in [-0.2, -0.15) is 0 Å². The molecule has 3 N–H and O–H groups in total. The number of aliphatic hydroxyl groups is 1. The van der Waals surface area contributed by atoms with Gasteiger partial charge in [0.05, 0.1) is 5.56 Å². The van der Waals surface area contributed by atoms with E-state index in [0.29, 0.717) is 11.5 Å². The van der Waals surface area contributed by atoms with Gasteiger partial charge in [-0.15, -0.1) is 0 Å². The highest BCUT2D eigenvalue weighted by Crippen LogP contribution is 2.10.